The first-order valence-corrected chi connectivity index (χ1v) is 6.62. The second-order valence-electron chi connectivity index (χ2n) is 4.57. The normalized spacial score (nSPS) is 37.0. The van der Waals surface area contributed by atoms with E-state index in [1.165, 1.54) is 0 Å². The molecule has 3 atom stereocenters. The molecule has 3 unspecified atom stereocenters. The highest BCUT2D eigenvalue weighted by molar-refractivity contribution is 7.99. The van der Waals surface area contributed by atoms with Crippen LogP contribution in [0.5, 0.6) is 0 Å². The summed E-state index contributed by atoms with van der Waals surface area (Å²) in [5.74, 6) is 0.408. The molecule has 1 amide bonds. The minimum atomic E-state index is -1.03. The minimum Gasteiger partial charge on any atom is -0.481 e. The van der Waals surface area contributed by atoms with Gasteiger partial charge in [0, 0.05) is 11.6 Å². The fourth-order valence-corrected chi connectivity index (χ4v) is 2.86. The zero-order valence-electron chi connectivity index (χ0n) is 9.56. The monoisotopic (exact) mass is 260 g/mol. The lowest BCUT2D eigenvalue weighted by Gasteiger charge is -2.26. The van der Waals surface area contributed by atoms with Gasteiger partial charge in [0.2, 0.25) is 5.91 Å². The predicted molar refractivity (Wildman–Crippen MR) is 62.7 cm³/mol. The van der Waals surface area contributed by atoms with Crippen molar-refractivity contribution in [3.63, 3.8) is 0 Å². The van der Waals surface area contributed by atoms with E-state index in [0.29, 0.717) is 0 Å². The smallest absolute Gasteiger partial charge is 0.313 e. The third kappa shape index (κ3) is 2.41. The van der Waals surface area contributed by atoms with E-state index in [9.17, 15) is 14.7 Å². The van der Waals surface area contributed by atoms with Crippen LogP contribution in [0, 0.1) is 5.41 Å². The lowest BCUT2D eigenvalue weighted by atomic mass is 9.85. The maximum atomic E-state index is 11.9. The van der Waals surface area contributed by atoms with E-state index in [4.69, 9.17) is 4.74 Å². The van der Waals surface area contributed by atoms with Crippen molar-refractivity contribution in [1.82, 2.24) is 10.6 Å². The molecule has 0 spiro atoms. The number of nitrogens with one attached hydrogen (secondary N) is 2. The van der Waals surface area contributed by atoms with Gasteiger partial charge in [-0.25, -0.2) is 0 Å². The lowest BCUT2D eigenvalue weighted by molar-refractivity contribution is -0.149. The van der Waals surface area contributed by atoms with Gasteiger partial charge in [0.1, 0.15) is 5.41 Å². The molecule has 2 rings (SSSR count). The molecule has 0 aromatic heterocycles. The molecular weight excluding hydrogens is 244 g/mol. The Hall–Kier alpha value is -0.790. The van der Waals surface area contributed by atoms with Crippen LogP contribution in [0.15, 0.2) is 0 Å². The van der Waals surface area contributed by atoms with E-state index in [-0.39, 0.29) is 25.2 Å². The van der Waals surface area contributed by atoms with E-state index in [2.05, 4.69) is 10.6 Å². The van der Waals surface area contributed by atoms with Crippen LogP contribution in [-0.4, -0.2) is 53.9 Å². The molecule has 96 valence electrons. The second kappa shape index (κ2) is 4.83. The summed E-state index contributed by atoms with van der Waals surface area (Å²) >= 11 is 1.66. The molecule has 0 aliphatic carbocycles. The van der Waals surface area contributed by atoms with E-state index >= 15 is 0 Å². The summed E-state index contributed by atoms with van der Waals surface area (Å²) in [6.45, 7) is 2.00. The summed E-state index contributed by atoms with van der Waals surface area (Å²) in [7, 11) is 0. The molecule has 0 radical (unpaired) electrons. The molecule has 2 aliphatic heterocycles. The molecule has 2 aliphatic rings. The first-order chi connectivity index (χ1) is 8.04. The van der Waals surface area contributed by atoms with Crippen LogP contribution in [0.2, 0.25) is 0 Å². The number of carboxylic acid groups (broad SMARTS) is 1. The fraction of sp³-hybridized carbons (Fsp3) is 0.800. The molecule has 0 aromatic carbocycles. The summed E-state index contributed by atoms with van der Waals surface area (Å²) < 4.78 is 5.18. The first-order valence-electron chi connectivity index (χ1n) is 5.46. The van der Waals surface area contributed by atoms with Gasteiger partial charge in [0.05, 0.1) is 25.3 Å². The molecule has 2 saturated heterocycles. The second-order valence-corrected chi connectivity index (χ2v) is 5.60. The zero-order valence-corrected chi connectivity index (χ0v) is 10.4. The van der Waals surface area contributed by atoms with Crippen molar-refractivity contribution in [3.05, 3.63) is 0 Å². The minimum absolute atomic E-state index is 0.139. The molecule has 2 fully saturated rings. The number of carbonyl (C=O) groups excluding carboxylic acids is 1. The number of carboxylic acids is 1. The van der Waals surface area contributed by atoms with Gasteiger partial charge < -0.3 is 15.2 Å². The van der Waals surface area contributed by atoms with Gasteiger partial charge in [-0.05, 0) is 6.92 Å². The highest BCUT2D eigenvalue weighted by Crippen LogP contribution is 2.28. The topological polar surface area (TPSA) is 87.7 Å². The van der Waals surface area contributed by atoms with Crippen molar-refractivity contribution < 1.29 is 19.4 Å². The van der Waals surface area contributed by atoms with Gasteiger partial charge in [-0.1, -0.05) is 0 Å². The van der Waals surface area contributed by atoms with Crippen LogP contribution in [0.4, 0.5) is 0 Å². The highest BCUT2D eigenvalue weighted by Gasteiger charge is 2.47. The Morgan fingerprint density at radius 1 is 1.59 bits per heavy atom. The van der Waals surface area contributed by atoms with Crippen LogP contribution in [0.1, 0.15) is 6.92 Å². The van der Waals surface area contributed by atoms with Gasteiger partial charge in [-0.15, -0.1) is 11.8 Å². The third-order valence-corrected chi connectivity index (χ3v) is 4.23. The number of hydrogen-bond donors (Lipinski definition) is 3. The molecule has 17 heavy (non-hydrogen) atoms. The summed E-state index contributed by atoms with van der Waals surface area (Å²) in [5, 5.41) is 15.0. The van der Waals surface area contributed by atoms with Crippen LogP contribution in [0.3, 0.4) is 0 Å². The largest absolute Gasteiger partial charge is 0.481 e. The quantitative estimate of drug-likeness (QED) is 0.619. The Kier molecular flexibility index (Phi) is 3.60. The number of aliphatic carboxylic acids is 1. The maximum Gasteiger partial charge on any atom is 0.313 e. The van der Waals surface area contributed by atoms with Gasteiger partial charge in [-0.3, -0.25) is 14.9 Å². The Bertz CT molecular complexity index is 332. The molecule has 0 saturated carbocycles. The zero-order chi connectivity index (χ0) is 12.5. The van der Waals surface area contributed by atoms with Crippen molar-refractivity contribution in [2.75, 3.05) is 24.8 Å². The molecule has 2 heterocycles. The van der Waals surface area contributed by atoms with Crippen molar-refractivity contribution in [3.8, 4) is 0 Å². The van der Waals surface area contributed by atoms with Crippen LogP contribution >= 0.6 is 11.8 Å². The molecule has 0 bridgehead atoms. The Morgan fingerprint density at radius 2 is 2.35 bits per heavy atom. The summed E-state index contributed by atoms with van der Waals surface area (Å²) in [5.41, 5.74) is -1.03. The number of thioether (sulfide) groups is 1. The summed E-state index contributed by atoms with van der Waals surface area (Å²) in [6.07, 6.45) is 0. The van der Waals surface area contributed by atoms with E-state index in [0.717, 1.165) is 11.6 Å². The van der Waals surface area contributed by atoms with E-state index < -0.39 is 17.4 Å². The van der Waals surface area contributed by atoms with Crippen molar-refractivity contribution in [2.24, 2.45) is 5.41 Å². The number of amides is 1. The lowest BCUT2D eigenvalue weighted by Crippen LogP contribution is -2.54. The van der Waals surface area contributed by atoms with Crippen molar-refractivity contribution in [1.29, 1.82) is 0 Å². The van der Waals surface area contributed by atoms with Gasteiger partial charge >= 0.3 is 5.97 Å². The predicted octanol–water partition coefficient (Wildman–Crippen LogP) is -0.745. The van der Waals surface area contributed by atoms with Gasteiger partial charge in [-0.2, -0.15) is 0 Å². The number of hydrogen-bond acceptors (Lipinski definition) is 5. The molecule has 0 aromatic rings. The average Bonchev–Trinajstić information content (AvgIpc) is 2.89. The van der Waals surface area contributed by atoms with Crippen LogP contribution in [-0.2, 0) is 14.3 Å². The van der Waals surface area contributed by atoms with Gasteiger partial charge in [0.15, 0.2) is 0 Å². The Labute approximate surface area is 103 Å². The van der Waals surface area contributed by atoms with Crippen molar-refractivity contribution in [2.45, 2.75) is 19.0 Å². The average molecular weight is 260 g/mol. The first kappa shape index (κ1) is 12.7. The summed E-state index contributed by atoms with van der Waals surface area (Å²) in [6, 6.07) is -0.682. The van der Waals surface area contributed by atoms with Crippen LogP contribution < -0.4 is 10.6 Å². The van der Waals surface area contributed by atoms with Gasteiger partial charge in [0.25, 0.3) is 0 Å². The number of rotatable bonds is 3. The molecular formula is C10H16N2O4S. The van der Waals surface area contributed by atoms with E-state index in [1.807, 2.05) is 0 Å². The van der Waals surface area contributed by atoms with Crippen molar-refractivity contribution >= 4 is 23.6 Å². The fourth-order valence-electron chi connectivity index (χ4n) is 1.92. The standard InChI is InChI=1S/C10H16N2O4S/c1-10(9(14)15)4-16-2-7(10)12-8(13)6-3-17-5-11-6/h6-7,11H,2-5H2,1H3,(H,12,13)(H,14,15). The van der Waals surface area contributed by atoms with E-state index in [1.54, 1.807) is 18.7 Å². The highest BCUT2D eigenvalue weighted by atomic mass is 32.2. The van der Waals surface area contributed by atoms with Crippen LogP contribution in [0.25, 0.3) is 0 Å². The molecule has 7 heteroatoms. The third-order valence-electron chi connectivity index (χ3n) is 3.29. The molecule has 3 N–H and O–H groups in total. The maximum absolute atomic E-state index is 11.9. The number of carbonyl (C=O) groups is 2. The Morgan fingerprint density at radius 3 is 2.94 bits per heavy atom. The molecule has 6 nitrogen and oxygen atoms in total. The number of ether oxygens (including phenoxy) is 1. The summed E-state index contributed by atoms with van der Waals surface area (Å²) in [4.78, 5) is 23.1. The SMILES string of the molecule is CC1(C(=O)O)COCC1NC(=O)C1CSCN1. The Balaban J connectivity index is 1.98.